The normalized spacial score (nSPS) is 11.6. The van der Waals surface area contributed by atoms with Gasteiger partial charge in [0.1, 0.15) is 11.6 Å². The number of anilines is 1. The van der Waals surface area contributed by atoms with Crippen LogP contribution in [0.3, 0.4) is 0 Å². The van der Waals surface area contributed by atoms with Gasteiger partial charge in [0.05, 0.1) is 18.3 Å². The Hall–Kier alpha value is -2.21. The van der Waals surface area contributed by atoms with Crippen molar-refractivity contribution in [3.63, 3.8) is 0 Å². The molecule has 0 aliphatic rings. The molecule has 4 nitrogen and oxygen atoms in total. The fourth-order valence-corrected chi connectivity index (χ4v) is 1.32. The lowest BCUT2D eigenvalue weighted by atomic mass is 10.2. The molecule has 0 spiro atoms. The predicted octanol–water partition coefficient (Wildman–Crippen LogP) is 3.29. The first kappa shape index (κ1) is 14.8. The zero-order chi connectivity index (χ0) is 14.4. The van der Waals surface area contributed by atoms with Gasteiger partial charge >= 0.3 is 0 Å². The van der Waals surface area contributed by atoms with E-state index in [0.29, 0.717) is 5.69 Å². The van der Waals surface area contributed by atoms with Gasteiger partial charge in [-0.1, -0.05) is 13.2 Å². The highest BCUT2D eigenvalue weighted by Gasteiger charge is 2.11. The topological polar surface area (TPSA) is 60.2 Å². The van der Waals surface area contributed by atoms with Crippen LogP contribution in [0.1, 0.15) is 12.0 Å². The van der Waals surface area contributed by atoms with Gasteiger partial charge in [-0.05, 0) is 18.6 Å². The van der Waals surface area contributed by atoms with Gasteiger partial charge in [-0.2, -0.15) is 0 Å². The molecular weight excluding hydrogens is 252 g/mol. The van der Waals surface area contributed by atoms with E-state index in [9.17, 15) is 8.78 Å². The molecule has 0 unspecified atom stereocenters. The van der Waals surface area contributed by atoms with Gasteiger partial charge in [0.25, 0.3) is 0 Å². The zero-order valence-electron chi connectivity index (χ0n) is 10.5. The zero-order valence-corrected chi connectivity index (χ0v) is 10.5. The second-order valence-electron chi connectivity index (χ2n) is 3.75. The summed E-state index contributed by atoms with van der Waals surface area (Å²) in [4.78, 5) is 3.92. The molecule has 0 saturated heterocycles. The molecule has 0 saturated carbocycles. The molecule has 0 amide bonds. The van der Waals surface area contributed by atoms with E-state index < -0.39 is 11.7 Å². The maximum atomic E-state index is 13.5. The number of hydrogen-bond acceptors (Lipinski definition) is 4. The molecule has 0 aliphatic heterocycles. The summed E-state index contributed by atoms with van der Waals surface area (Å²) < 4.78 is 31.5. The van der Waals surface area contributed by atoms with E-state index in [-0.39, 0.29) is 18.1 Å². The number of nitrogen functional groups attached to an aromatic ring is 1. The van der Waals surface area contributed by atoms with Crippen LogP contribution >= 0.6 is 0 Å². The Kier molecular flexibility index (Phi) is 5.20. The van der Waals surface area contributed by atoms with Crippen LogP contribution in [0.15, 0.2) is 48.9 Å². The molecule has 3 N–H and O–H groups in total. The van der Waals surface area contributed by atoms with Crippen LogP contribution in [0.5, 0.6) is 5.88 Å². The average Bonchev–Trinajstić information content (AvgIpc) is 2.36. The molecule has 1 aromatic rings. The molecule has 1 rings (SSSR count). The number of hydrogen-bond donors (Lipinski definition) is 2. The van der Waals surface area contributed by atoms with Crippen LogP contribution in [0.2, 0.25) is 0 Å². The van der Waals surface area contributed by atoms with Crippen molar-refractivity contribution in [1.82, 2.24) is 4.98 Å². The van der Waals surface area contributed by atoms with Crippen molar-refractivity contribution in [3.05, 3.63) is 54.5 Å². The minimum absolute atomic E-state index is 0.129. The summed E-state index contributed by atoms with van der Waals surface area (Å²) in [5.41, 5.74) is 3.81. The van der Waals surface area contributed by atoms with Crippen molar-refractivity contribution in [2.45, 2.75) is 13.3 Å². The van der Waals surface area contributed by atoms with Crippen molar-refractivity contribution >= 4 is 5.69 Å². The Morgan fingerprint density at radius 3 is 2.74 bits per heavy atom. The smallest absolute Gasteiger partial charge is 0.219 e. The lowest BCUT2D eigenvalue weighted by Crippen LogP contribution is -2.09. The summed E-state index contributed by atoms with van der Waals surface area (Å²) in [5.74, 6) is 3.68. The Morgan fingerprint density at radius 1 is 1.58 bits per heavy atom. The maximum Gasteiger partial charge on any atom is 0.219 e. The van der Waals surface area contributed by atoms with Gasteiger partial charge < -0.3 is 10.2 Å². The standard InChI is InChI=1S/C13H15F2N3O/c1-4-10(15)12(6-9(3)14)19-13-5-8(2)11(18-16)7-17-13/h4-5,7,18H,1,3,6,16H2,2H3/b12-10-. The predicted molar refractivity (Wildman–Crippen MR) is 70.6 cm³/mol. The third-order valence-electron chi connectivity index (χ3n) is 2.27. The number of pyridine rings is 1. The molecule has 0 atom stereocenters. The lowest BCUT2D eigenvalue weighted by molar-refractivity contribution is 0.365. The third-order valence-corrected chi connectivity index (χ3v) is 2.27. The van der Waals surface area contributed by atoms with Gasteiger partial charge in [0.15, 0.2) is 5.83 Å². The molecule has 0 aliphatic carbocycles. The Balaban J connectivity index is 3.00. The Bertz CT molecular complexity index is 527. The minimum atomic E-state index is -0.765. The highest BCUT2D eigenvalue weighted by molar-refractivity contribution is 5.49. The number of allylic oxidation sites excluding steroid dienone is 3. The molecule has 102 valence electrons. The lowest BCUT2D eigenvalue weighted by Gasteiger charge is -2.11. The molecule has 6 heteroatoms. The second-order valence-corrected chi connectivity index (χ2v) is 3.75. The molecule has 19 heavy (non-hydrogen) atoms. The molecule has 0 bridgehead atoms. The van der Waals surface area contributed by atoms with Gasteiger partial charge in [-0.25, -0.2) is 13.8 Å². The van der Waals surface area contributed by atoms with Crippen molar-refractivity contribution in [3.8, 4) is 5.88 Å². The summed E-state index contributed by atoms with van der Waals surface area (Å²) in [6, 6.07) is 1.55. The number of nitrogens with two attached hydrogens (primary N) is 1. The first-order valence-corrected chi connectivity index (χ1v) is 5.43. The number of ether oxygens (including phenoxy) is 1. The second kappa shape index (κ2) is 6.65. The quantitative estimate of drug-likeness (QED) is 0.359. The van der Waals surface area contributed by atoms with E-state index in [0.717, 1.165) is 11.6 Å². The van der Waals surface area contributed by atoms with E-state index in [1.807, 2.05) is 0 Å². The van der Waals surface area contributed by atoms with Gasteiger partial charge in [0.2, 0.25) is 5.88 Å². The number of aryl methyl sites for hydroxylation is 1. The number of hydrazine groups is 1. The van der Waals surface area contributed by atoms with Crippen molar-refractivity contribution in [1.29, 1.82) is 0 Å². The van der Waals surface area contributed by atoms with Crippen molar-refractivity contribution in [2.24, 2.45) is 5.84 Å². The monoisotopic (exact) mass is 267 g/mol. The molecule has 0 aromatic carbocycles. The maximum absolute atomic E-state index is 13.5. The fourth-order valence-electron chi connectivity index (χ4n) is 1.32. The van der Waals surface area contributed by atoms with Gasteiger partial charge in [-0.15, -0.1) is 0 Å². The summed E-state index contributed by atoms with van der Waals surface area (Å²) in [6.07, 6.45) is 1.98. The van der Waals surface area contributed by atoms with E-state index in [1.165, 1.54) is 6.20 Å². The fraction of sp³-hybridized carbons (Fsp3) is 0.154. The van der Waals surface area contributed by atoms with E-state index >= 15 is 0 Å². The summed E-state index contributed by atoms with van der Waals surface area (Å²) >= 11 is 0. The Morgan fingerprint density at radius 2 is 2.26 bits per heavy atom. The van der Waals surface area contributed by atoms with Crippen LogP contribution in [0.25, 0.3) is 0 Å². The first-order chi connectivity index (χ1) is 8.97. The van der Waals surface area contributed by atoms with E-state index in [1.54, 1.807) is 13.0 Å². The van der Waals surface area contributed by atoms with Crippen LogP contribution in [0, 0.1) is 6.92 Å². The van der Waals surface area contributed by atoms with Crippen molar-refractivity contribution < 1.29 is 13.5 Å². The molecule has 1 heterocycles. The first-order valence-electron chi connectivity index (χ1n) is 5.43. The van der Waals surface area contributed by atoms with Crippen molar-refractivity contribution in [2.75, 3.05) is 5.43 Å². The summed E-state index contributed by atoms with van der Waals surface area (Å²) in [6.45, 7) is 8.10. The van der Waals surface area contributed by atoms with Crippen LogP contribution in [-0.4, -0.2) is 4.98 Å². The van der Waals surface area contributed by atoms with E-state index in [2.05, 4.69) is 23.6 Å². The molecule has 1 aromatic heterocycles. The molecule has 0 fully saturated rings. The summed E-state index contributed by atoms with van der Waals surface area (Å²) in [5, 5.41) is 0. The van der Waals surface area contributed by atoms with Gasteiger partial charge in [0, 0.05) is 6.07 Å². The number of aromatic nitrogens is 1. The third kappa shape index (κ3) is 4.18. The number of halogens is 2. The SMILES string of the molecule is C=C/C(F)=C(\CC(=C)F)Oc1cc(C)c(NN)cn1. The van der Waals surface area contributed by atoms with Gasteiger partial charge in [-0.3, -0.25) is 5.84 Å². The highest BCUT2D eigenvalue weighted by atomic mass is 19.1. The number of rotatable bonds is 6. The van der Waals surface area contributed by atoms with E-state index in [4.69, 9.17) is 10.6 Å². The minimum Gasteiger partial charge on any atom is -0.440 e. The number of nitrogens with one attached hydrogen (secondary N) is 1. The van der Waals surface area contributed by atoms with Crippen LogP contribution in [0.4, 0.5) is 14.5 Å². The van der Waals surface area contributed by atoms with Crippen LogP contribution in [-0.2, 0) is 0 Å². The number of nitrogens with zero attached hydrogens (tertiary/aromatic N) is 1. The Labute approximate surface area is 110 Å². The highest BCUT2D eigenvalue weighted by Crippen LogP contribution is 2.23. The summed E-state index contributed by atoms with van der Waals surface area (Å²) in [7, 11) is 0. The molecular formula is C13H15F2N3O. The average molecular weight is 267 g/mol. The van der Waals surface area contributed by atoms with Crippen LogP contribution < -0.4 is 16.0 Å². The largest absolute Gasteiger partial charge is 0.440 e. The molecule has 0 radical (unpaired) electrons.